The lowest BCUT2D eigenvalue weighted by atomic mass is 10.2. The molecule has 0 radical (unpaired) electrons. The average molecular weight is 273 g/mol. The van der Waals surface area contributed by atoms with Gasteiger partial charge in [-0.1, -0.05) is 0 Å². The van der Waals surface area contributed by atoms with Crippen LogP contribution in [0.2, 0.25) is 0 Å². The summed E-state index contributed by atoms with van der Waals surface area (Å²) in [5.74, 6) is 0.802. The largest absolute Gasteiger partial charge is 0.383 e. The summed E-state index contributed by atoms with van der Waals surface area (Å²) in [6, 6.07) is 0. The second kappa shape index (κ2) is 11.0. The third-order valence-electron chi connectivity index (χ3n) is 2.91. The molecule has 19 heavy (non-hydrogen) atoms. The molecule has 1 rings (SSSR count). The molecule has 0 aromatic carbocycles. The van der Waals surface area contributed by atoms with Gasteiger partial charge in [0.2, 0.25) is 0 Å². The van der Waals surface area contributed by atoms with E-state index in [1.165, 1.54) is 6.42 Å². The topological polar surface area (TPSA) is 64.1 Å². The summed E-state index contributed by atoms with van der Waals surface area (Å²) in [5.41, 5.74) is 0. The number of guanidine groups is 1. The summed E-state index contributed by atoms with van der Waals surface area (Å²) in [6.45, 7) is 4.64. The number of hydrogen-bond acceptors (Lipinski definition) is 4. The molecule has 1 unspecified atom stereocenters. The van der Waals surface area contributed by atoms with Crippen LogP contribution in [0.15, 0.2) is 4.99 Å². The molecular weight excluding hydrogens is 246 g/mol. The highest BCUT2D eigenvalue weighted by Crippen LogP contribution is 2.11. The van der Waals surface area contributed by atoms with Crippen molar-refractivity contribution in [1.82, 2.24) is 10.6 Å². The van der Waals surface area contributed by atoms with Crippen molar-refractivity contribution < 1.29 is 14.2 Å². The zero-order valence-corrected chi connectivity index (χ0v) is 12.1. The fraction of sp³-hybridized carbons (Fsp3) is 0.923. The molecule has 6 heteroatoms. The number of hydrogen-bond donors (Lipinski definition) is 2. The third-order valence-corrected chi connectivity index (χ3v) is 2.91. The number of methoxy groups -OCH3 is 1. The Bertz CT molecular complexity index is 243. The molecule has 0 saturated carbocycles. The molecule has 1 aliphatic rings. The predicted octanol–water partition coefficient (Wildman–Crippen LogP) is 0.384. The van der Waals surface area contributed by atoms with Crippen molar-refractivity contribution in [3.05, 3.63) is 0 Å². The summed E-state index contributed by atoms with van der Waals surface area (Å²) in [5, 5.41) is 6.39. The maximum absolute atomic E-state index is 5.59. The first-order valence-electron chi connectivity index (χ1n) is 6.99. The minimum Gasteiger partial charge on any atom is -0.383 e. The van der Waals surface area contributed by atoms with Crippen molar-refractivity contribution in [2.24, 2.45) is 4.99 Å². The van der Waals surface area contributed by atoms with Crippen molar-refractivity contribution in [2.75, 3.05) is 53.7 Å². The quantitative estimate of drug-likeness (QED) is 0.361. The van der Waals surface area contributed by atoms with E-state index < -0.39 is 0 Å². The molecule has 0 aliphatic carbocycles. The average Bonchev–Trinajstić information content (AvgIpc) is 2.94. The van der Waals surface area contributed by atoms with Gasteiger partial charge >= 0.3 is 0 Å². The van der Waals surface area contributed by atoms with Crippen LogP contribution in [0.25, 0.3) is 0 Å². The summed E-state index contributed by atoms with van der Waals surface area (Å²) in [4.78, 5) is 4.12. The smallest absolute Gasteiger partial charge is 0.191 e. The Balaban J connectivity index is 1.90. The summed E-state index contributed by atoms with van der Waals surface area (Å²) >= 11 is 0. The first-order chi connectivity index (χ1) is 9.36. The lowest BCUT2D eigenvalue weighted by Crippen LogP contribution is -2.39. The van der Waals surface area contributed by atoms with E-state index in [0.29, 0.717) is 12.7 Å². The Labute approximate surface area is 115 Å². The molecule has 0 bridgehead atoms. The van der Waals surface area contributed by atoms with Gasteiger partial charge < -0.3 is 24.8 Å². The van der Waals surface area contributed by atoms with Crippen LogP contribution in [0.1, 0.15) is 19.3 Å². The van der Waals surface area contributed by atoms with Gasteiger partial charge in [0, 0.05) is 40.5 Å². The molecule has 1 aliphatic heterocycles. The summed E-state index contributed by atoms with van der Waals surface area (Å²) in [7, 11) is 3.44. The van der Waals surface area contributed by atoms with Crippen molar-refractivity contribution in [3.63, 3.8) is 0 Å². The molecule has 1 atom stereocenters. The number of nitrogens with zero attached hydrogens (tertiary/aromatic N) is 1. The zero-order valence-electron chi connectivity index (χ0n) is 12.1. The van der Waals surface area contributed by atoms with Gasteiger partial charge in [-0.15, -0.1) is 0 Å². The molecule has 2 N–H and O–H groups in total. The van der Waals surface area contributed by atoms with Gasteiger partial charge in [-0.25, -0.2) is 0 Å². The number of nitrogens with one attached hydrogen (secondary N) is 2. The van der Waals surface area contributed by atoms with Crippen LogP contribution >= 0.6 is 0 Å². The van der Waals surface area contributed by atoms with Crippen molar-refractivity contribution in [1.29, 1.82) is 0 Å². The van der Waals surface area contributed by atoms with Crippen LogP contribution < -0.4 is 10.6 Å². The van der Waals surface area contributed by atoms with E-state index in [4.69, 9.17) is 14.2 Å². The molecular formula is C13H27N3O3. The van der Waals surface area contributed by atoms with Gasteiger partial charge in [-0.2, -0.15) is 0 Å². The highest BCUT2D eigenvalue weighted by molar-refractivity contribution is 5.79. The molecule has 1 saturated heterocycles. The minimum absolute atomic E-state index is 0.316. The van der Waals surface area contributed by atoms with Crippen LogP contribution in [-0.4, -0.2) is 65.7 Å². The molecule has 0 spiro atoms. The second-order valence-corrected chi connectivity index (χ2v) is 4.48. The van der Waals surface area contributed by atoms with E-state index in [2.05, 4.69) is 15.6 Å². The lowest BCUT2D eigenvalue weighted by Gasteiger charge is -2.12. The molecule has 1 fully saturated rings. The van der Waals surface area contributed by atoms with Crippen LogP contribution in [0.3, 0.4) is 0 Å². The Kier molecular flexibility index (Phi) is 9.40. The maximum Gasteiger partial charge on any atom is 0.191 e. The van der Waals surface area contributed by atoms with Gasteiger partial charge in [0.25, 0.3) is 0 Å². The first-order valence-corrected chi connectivity index (χ1v) is 6.99. The normalized spacial score (nSPS) is 19.7. The molecule has 112 valence electrons. The molecule has 0 aromatic rings. The lowest BCUT2D eigenvalue weighted by molar-refractivity contribution is 0.0168. The zero-order chi connectivity index (χ0) is 13.8. The Morgan fingerprint density at radius 1 is 1.32 bits per heavy atom. The summed E-state index contributed by atoms with van der Waals surface area (Å²) in [6.07, 6.45) is 3.57. The van der Waals surface area contributed by atoms with E-state index in [9.17, 15) is 0 Å². The van der Waals surface area contributed by atoms with E-state index in [1.807, 2.05) is 0 Å². The molecule has 0 aromatic heterocycles. The Morgan fingerprint density at radius 2 is 2.16 bits per heavy atom. The van der Waals surface area contributed by atoms with Gasteiger partial charge in [0.1, 0.15) is 0 Å². The third kappa shape index (κ3) is 8.02. The number of rotatable bonds is 9. The Morgan fingerprint density at radius 3 is 2.84 bits per heavy atom. The molecule has 0 amide bonds. The van der Waals surface area contributed by atoms with E-state index in [-0.39, 0.29) is 0 Å². The molecule has 6 nitrogen and oxygen atoms in total. The maximum atomic E-state index is 5.59. The van der Waals surface area contributed by atoms with Gasteiger partial charge in [-0.3, -0.25) is 4.99 Å². The highest BCUT2D eigenvalue weighted by atomic mass is 16.5. The number of aliphatic imine (C=N–C) groups is 1. The Hall–Kier alpha value is -0.850. The first kappa shape index (κ1) is 16.2. The molecule has 1 heterocycles. The minimum atomic E-state index is 0.316. The van der Waals surface area contributed by atoms with Gasteiger partial charge in [-0.05, 0) is 19.3 Å². The highest BCUT2D eigenvalue weighted by Gasteiger charge is 2.14. The van der Waals surface area contributed by atoms with Crippen LogP contribution in [0.5, 0.6) is 0 Å². The van der Waals surface area contributed by atoms with Crippen molar-refractivity contribution >= 4 is 5.96 Å². The van der Waals surface area contributed by atoms with Crippen LogP contribution in [-0.2, 0) is 14.2 Å². The fourth-order valence-electron chi connectivity index (χ4n) is 1.86. The van der Waals surface area contributed by atoms with E-state index in [0.717, 1.165) is 51.7 Å². The van der Waals surface area contributed by atoms with Gasteiger partial charge in [0.05, 0.1) is 19.3 Å². The number of ether oxygens (including phenoxy) is 3. The van der Waals surface area contributed by atoms with E-state index in [1.54, 1.807) is 14.2 Å². The van der Waals surface area contributed by atoms with Crippen molar-refractivity contribution in [3.8, 4) is 0 Å². The van der Waals surface area contributed by atoms with Crippen LogP contribution in [0, 0.1) is 0 Å². The van der Waals surface area contributed by atoms with Crippen molar-refractivity contribution in [2.45, 2.75) is 25.4 Å². The van der Waals surface area contributed by atoms with E-state index >= 15 is 0 Å². The second-order valence-electron chi connectivity index (χ2n) is 4.48. The fourth-order valence-corrected chi connectivity index (χ4v) is 1.86. The van der Waals surface area contributed by atoms with Crippen LogP contribution in [0.4, 0.5) is 0 Å². The summed E-state index contributed by atoms with van der Waals surface area (Å²) < 4.78 is 16.0. The predicted molar refractivity (Wildman–Crippen MR) is 75.7 cm³/mol. The van der Waals surface area contributed by atoms with Gasteiger partial charge in [0.15, 0.2) is 5.96 Å². The monoisotopic (exact) mass is 273 g/mol. The SMILES string of the molecule is CN=C(NCCCOCC1CCCO1)NCCOC. The standard InChI is InChI=1S/C13H27N3O3/c1-14-13(16-7-10-17-2)15-6-4-8-18-11-12-5-3-9-19-12/h12H,3-11H2,1-2H3,(H2,14,15,16).